The van der Waals surface area contributed by atoms with Crippen molar-refractivity contribution in [3.05, 3.63) is 78.5 Å². The van der Waals surface area contributed by atoms with E-state index in [2.05, 4.69) is 74.8 Å². The van der Waals surface area contributed by atoms with E-state index in [0.29, 0.717) is 6.04 Å². The zero-order valence-corrected chi connectivity index (χ0v) is 15.3. The van der Waals surface area contributed by atoms with Crippen molar-refractivity contribution in [3.8, 4) is 5.69 Å². The first-order valence-corrected chi connectivity index (χ1v) is 9.60. The maximum Gasteiger partial charge on any atom is 0.123 e. The van der Waals surface area contributed by atoms with Crippen LogP contribution in [-0.4, -0.2) is 37.2 Å². The Labute approximate surface area is 158 Å². The molecular formula is C22H23N5. The SMILES string of the molecule is c1ccc(CN2CCC[C@H]2Cc2c[nH]c3ccc(-n4cnnc4)cc23)cc1. The van der Waals surface area contributed by atoms with Crippen LogP contribution in [0.4, 0.5) is 0 Å². The molecule has 0 bridgehead atoms. The molecule has 1 atom stereocenters. The van der Waals surface area contributed by atoms with Gasteiger partial charge in [0.25, 0.3) is 0 Å². The maximum absolute atomic E-state index is 3.92. The number of likely N-dealkylation sites (tertiary alicyclic amines) is 1. The second-order valence-electron chi connectivity index (χ2n) is 7.37. The van der Waals surface area contributed by atoms with Gasteiger partial charge in [0, 0.05) is 35.4 Å². The van der Waals surface area contributed by atoms with Gasteiger partial charge >= 0.3 is 0 Å². The number of nitrogens with one attached hydrogen (secondary N) is 1. The lowest BCUT2D eigenvalue weighted by molar-refractivity contribution is 0.244. The minimum atomic E-state index is 0.600. The van der Waals surface area contributed by atoms with Gasteiger partial charge in [-0.3, -0.25) is 9.47 Å². The van der Waals surface area contributed by atoms with E-state index in [1.807, 2.05) is 4.57 Å². The molecule has 5 heteroatoms. The van der Waals surface area contributed by atoms with Crippen LogP contribution in [0.5, 0.6) is 0 Å². The summed E-state index contributed by atoms with van der Waals surface area (Å²) in [6.45, 7) is 2.23. The van der Waals surface area contributed by atoms with Crippen molar-refractivity contribution in [2.75, 3.05) is 6.54 Å². The topological polar surface area (TPSA) is 49.7 Å². The number of aromatic amines is 1. The van der Waals surface area contributed by atoms with Crippen molar-refractivity contribution in [1.29, 1.82) is 0 Å². The Morgan fingerprint density at radius 2 is 1.89 bits per heavy atom. The minimum Gasteiger partial charge on any atom is -0.361 e. The molecule has 1 fully saturated rings. The van der Waals surface area contributed by atoms with Crippen LogP contribution in [0.25, 0.3) is 16.6 Å². The molecule has 27 heavy (non-hydrogen) atoms. The summed E-state index contributed by atoms with van der Waals surface area (Å²) in [5.41, 5.74) is 5.08. The Kier molecular flexibility index (Phi) is 4.22. The van der Waals surface area contributed by atoms with Gasteiger partial charge in [-0.1, -0.05) is 30.3 Å². The summed E-state index contributed by atoms with van der Waals surface area (Å²) in [7, 11) is 0. The predicted molar refractivity (Wildman–Crippen MR) is 107 cm³/mol. The Balaban J connectivity index is 1.39. The normalized spacial score (nSPS) is 17.7. The van der Waals surface area contributed by atoms with Crippen LogP contribution in [0.1, 0.15) is 24.0 Å². The van der Waals surface area contributed by atoms with Crippen molar-refractivity contribution < 1.29 is 0 Å². The van der Waals surface area contributed by atoms with E-state index in [1.54, 1.807) is 12.7 Å². The van der Waals surface area contributed by atoms with Gasteiger partial charge in [-0.25, -0.2) is 0 Å². The quantitative estimate of drug-likeness (QED) is 0.588. The molecule has 1 aliphatic rings. The Morgan fingerprint density at radius 1 is 1.04 bits per heavy atom. The van der Waals surface area contributed by atoms with Crippen molar-refractivity contribution in [1.82, 2.24) is 24.6 Å². The summed E-state index contributed by atoms with van der Waals surface area (Å²) in [6.07, 6.45) is 9.30. The molecule has 1 N–H and O–H groups in total. The van der Waals surface area contributed by atoms with E-state index in [9.17, 15) is 0 Å². The highest BCUT2D eigenvalue weighted by atomic mass is 15.2. The van der Waals surface area contributed by atoms with E-state index in [-0.39, 0.29) is 0 Å². The molecule has 0 radical (unpaired) electrons. The highest BCUT2D eigenvalue weighted by Crippen LogP contribution is 2.28. The van der Waals surface area contributed by atoms with Gasteiger partial charge in [-0.2, -0.15) is 0 Å². The summed E-state index contributed by atoms with van der Waals surface area (Å²) >= 11 is 0. The average molecular weight is 357 g/mol. The molecule has 1 aliphatic heterocycles. The third kappa shape index (κ3) is 3.26. The lowest BCUT2D eigenvalue weighted by Gasteiger charge is -2.24. The molecule has 0 aliphatic carbocycles. The molecule has 0 saturated carbocycles. The Bertz CT molecular complexity index is 1020. The third-order valence-electron chi connectivity index (χ3n) is 5.65. The van der Waals surface area contributed by atoms with Crippen LogP contribution >= 0.6 is 0 Å². The summed E-state index contributed by atoms with van der Waals surface area (Å²) in [4.78, 5) is 6.08. The van der Waals surface area contributed by atoms with E-state index in [0.717, 1.165) is 18.7 Å². The summed E-state index contributed by atoms with van der Waals surface area (Å²) < 4.78 is 1.95. The van der Waals surface area contributed by atoms with E-state index in [1.165, 1.54) is 41.4 Å². The van der Waals surface area contributed by atoms with Crippen molar-refractivity contribution in [2.45, 2.75) is 31.8 Å². The van der Waals surface area contributed by atoms with E-state index < -0.39 is 0 Å². The highest BCUT2D eigenvalue weighted by Gasteiger charge is 2.25. The standard InChI is InChI=1S/C22H23N5/c1-2-5-17(6-3-1)14-26-10-4-7-19(26)11-18-13-23-22-9-8-20(12-21(18)22)27-15-24-25-16-27/h1-3,5-6,8-9,12-13,15-16,19,23H,4,7,10-11,14H2/t19-/m0/s1. The minimum absolute atomic E-state index is 0.600. The number of hydrogen-bond donors (Lipinski definition) is 1. The lowest BCUT2D eigenvalue weighted by atomic mass is 10.0. The van der Waals surface area contributed by atoms with Gasteiger partial charge in [0.05, 0.1) is 0 Å². The smallest absolute Gasteiger partial charge is 0.123 e. The van der Waals surface area contributed by atoms with E-state index in [4.69, 9.17) is 0 Å². The summed E-state index contributed by atoms with van der Waals surface area (Å²) in [6, 6.07) is 17.9. The second-order valence-corrected chi connectivity index (χ2v) is 7.37. The van der Waals surface area contributed by atoms with Gasteiger partial charge < -0.3 is 4.98 Å². The fraction of sp³-hybridized carbons (Fsp3) is 0.273. The molecule has 136 valence electrons. The van der Waals surface area contributed by atoms with Gasteiger partial charge in [-0.05, 0) is 55.1 Å². The molecule has 3 heterocycles. The predicted octanol–water partition coefficient (Wildman–Crippen LogP) is 3.96. The molecule has 1 saturated heterocycles. The zero-order chi connectivity index (χ0) is 18.1. The monoisotopic (exact) mass is 357 g/mol. The van der Waals surface area contributed by atoms with Crippen molar-refractivity contribution in [2.24, 2.45) is 0 Å². The first-order valence-electron chi connectivity index (χ1n) is 9.60. The number of fused-ring (bicyclic) bond motifs is 1. The number of H-pyrrole nitrogens is 1. The molecule has 2 aromatic carbocycles. The number of benzene rings is 2. The Morgan fingerprint density at radius 3 is 2.74 bits per heavy atom. The van der Waals surface area contributed by atoms with E-state index >= 15 is 0 Å². The van der Waals surface area contributed by atoms with Crippen LogP contribution < -0.4 is 0 Å². The highest BCUT2D eigenvalue weighted by molar-refractivity contribution is 5.85. The van der Waals surface area contributed by atoms with Crippen LogP contribution in [-0.2, 0) is 13.0 Å². The number of nitrogens with zero attached hydrogens (tertiary/aromatic N) is 4. The van der Waals surface area contributed by atoms with Gasteiger partial charge in [0.15, 0.2) is 0 Å². The maximum atomic E-state index is 3.92. The molecule has 0 unspecified atom stereocenters. The molecule has 5 nitrogen and oxygen atoms in total. The molecule has 2 aromatic heterocycles. The van der Waals surface area contributed by atoms with Crippen LogP contribution in [0.2, 0.25) is 0 Å². The number of rotatable bonds is 5. The molecule has 0 amide bonds. The largest absolute Gasteiger partial charge is 0.361 e. The van der Waals surface area contributed by atoms with Gasteiger partial charge in [-0.15, -0.1) is 10.2 Å². The summed E-state index contributed by atoms with van der Waals surface area (Å²) in [5.74, 6) is 0. The van der Waals surface area contributed by atoms with Gasteiger partial charge in [0.1, 0.15) is 12.7 Å². The molecule has 5 rings (SSSR count). The van der Waals surface area contributed by atoms with Crippen molar-refractivity contribution >= 4 is 10.9 Å². The van der Waals surface area contributed by atoms with Crippen LogP contribution in [0.3, 0.4) is 0 Å². The third-order valence-corrected chi connectivity index (χ3v) is 5.65. The fourth-order valence-electron chi connectivity index (χ4n) is 4.24. The molecule has 4 aromatic rings. The first kappa shape index (κ1) is 16.3. The summed E-state index contributed by atoms with van der Waals surface area (Å²) in [5, 5.41) is 9.14. The average Bonchev–Trinajstić information content (AvgIpc) is 3.45. The second kappa shape index (κ2) is 7.00. The van der Waals surface area contributed by atoms with Gasteiger partial charge in [0.2, 0.25) is 0 Å². The zero-order valence-electron chi connectivity index (χ0n) is 15.3. The van der Waals surface area contributed by atoms with Crippen LogP contribution in [0, 0.1) is 0 Å². The first-order chi connectivity index (χ1) is 13.4. The molecular weight excluding hydrogens is 334 g/mol. The lowest BCUT2D eigenvalue weighted by Crippen LogP contribution is -2.30. The van der Waals surface area contributed by atoms with Crippen molar-refractivity contribution in [3.63, 3.8) is 0 Å². The van der Waals surface area contributed by atoms with Crippen LogP contribution in [0.15, 0.2) is 67.4 Å². The number of aromatic nitrogens is 4. The number of hydrogen-bond acceptors (Lipinski definition) is 3. The molecule has 0 spiro atoms. The Hall–Kier alpha value is -2.92. The fourth-order valence-corrected chi connectivity index (χ4v) is 4.24.